The third kappa shape index (κ3) is 47.6. The van der Waals surface area contributed by atoms with Crippen molar-refractivity contribution in [2.45, 2.75) is 129 Å². The van der Waals surface area contributed by atoms with Crippen LogP contribution < -0.4 is 0 Å². The van der Waals surface area contributed by atoms with Crippen LogP contribution >= 0.6 is 0 Å². The molecule has 0 atom stereocenters. The van der Waals surface area contributed by atoms with Crippen molar-refractivity contribution in [1.29, 1.82) is 0 Å². The van der Waals surface area contributed by atoms with Gasteiger partial charge in [-0.25, -0.2) is 0 Å². The van der Waals surface area contributed by atoms with Gasteiger partial charge < -0.3 is 47.4 Å². The lowest BCUT2D eigenvalue weighted by molar-refractivity contribution is -0.0264. The van der Waals surface area contributed by atoms with Crippen LogP contribution in [0.2, 0.25) is 0 Å². The SMILES string of the molecule is CCCCCCCCCCCCOCCOCCOCCOCCOCCOCCOCCOCCOCCOCCCCCCCCCC. The van der Waals surface area contributed by atoms with Crippen LogP contribution in [0.5, 0.6) is 0 Å². The number of unbranched alkanes of at least 4 members (excludes halogenated alkanes) is 16. The molecule has 50 heavy (non-hydrogen) atoms. The van der Waals surface area contributed by atoms with Crippen molar-refractivity contribution in [3.63, 3.8) is 0 Å². The Balaban J connectivity index is 3.04. The van der Waals surface area contributed by atoms with E-state index in [-0.39, 0.29) is 0 Å². The molecule has 0 aliphatic heterocycles. The molecule has 0 amide bonds. The molecule has 10 heteroatoms. The quantitative estimate of drug-likeness (QED) is 0.0573. The van der Waals surface area contributed by atoms with Crippen molar-refractivity contribution < 1.29 is 47.4 Å². The fraction of sp³-hybridized carbons (Fsp3) is 1.00. The highest BCUT2D eigenvalue weighted by molar-refractivity contribution is 4.48. The molecular weight excluding hydrogens is 640 g/mol. The van der Waals surface area contributed by atoms with Gasteiger partial charge in [-0.1, -0.05) is 117 Å². The van der Waals surface area contributed by atoms with Gasteiger partial charge in [0.25, 0.3) is 0 Å². The first-order valence-corrected chi connectivity index (χ1v) is 20.7. The standard InChI is InChI=1S/C40H82O10/c1-3-5-7-9-11-13-14-16-18-20-22-42-24-26-44-28-30-46-32-34-48-36-38-50-40-39-49-37-35-47-33-31-45-29-27-43-25-23-41-21-19-17-15-12-10-8-6-4-2/h3-40H2,1-2H3. The highest BCUT2D eigenvalue weighted by Crippen LogP contribution is 2.11. The van der Waals surface area contributed by atoms with E-state index in [9.17, 15) is 0 Å². The van der Waals surface area contributed by atoms with Gasteiger partial charge in [0.1, 0.15) is 0 Å². The molecule has 10 nitrogen and oxygen atoms in total. The molecule has 0 aromatic heterocycles. The van der Waals surface area contributed by atoms with Crippen molar-refractivity contribution in [1.82, 2.24) is 0 Å². The molecule has 302 valence electrons. The van der Waals surface area contributed by atoms with E-state index in [1.54, 1.807) is 0 Å². The molecular formula is C40H82O10. The summed E-state index contributed by atoms with van der Waals surface area (Å²) >= 11 is 0. The minimum atomic E-state index is 0.535. The minimum Gasteiger partial charge on any atom is -0.379 e. The molecule has 0 aliphatic rings. The third-order valence-electron chi connectivity index (χ3n) is 8.13. The zero-order valence-electron chi connectivity index (χ0n) is 33.0. The Morgan fingerprint density at radius 1 is 0.160 bits per heavy atom. The second-order valence-corrected chi connectivity index (χ2v) is 12.8. The van der Waals surface area contributed by atoms with Gasteiger partial charge in [0.05, 0.1) is 119 Å². The maximum Gasteiger partial charge on any atom is 0.0701 e. The molecule has 0 N–H and O–H groups in total. The first-order valence-electron chi connectivity index (χ1n) is 20.7. The van der Waals surface area contributed by atoms with E-state index in [1.165, 1.54) is 103 Å². The lowest BCUT2D eigenvalue weighted by Crippen LogP contribution is -2.15. The molecule has 0 bridgehead atoms. The van der Waals surface area contributed by atoms with Gasteiger partial charge in [-0.05, 0) is 12.8 Å². The third-order valence-corrected chi connectivity index (χ3v) is 8.13. The molecule has 0 radical (unpaired) electrons. The van der Waals surface area contributed by atoms with Crippen molar-refractivity contribution in [2.24, 2.45) is 0 Å². The fourth-order valence-corrected chi connectivity index (χ4v) is 5.11. The molecule has 0 fully saturated rings. The van der Waals surface area contributed by atoms with E-state index in [0.717, 1.165) is 26.1 Å². The van der Waals surface area contributed by atoms with Gasteiger partial charge in [0, 0.05) is 13.2 Å². The minimum absolute atomic E-state index is 0.535. The maximum absolute atomic E-state index is 5.66. The van der Waals surface area contributed by atoms with Crippen LogP contribution in [0.25, 0.3) is 0 Å². The summed E-state index contributed by atoms with van der Waals surface area (Å²) in [7, 11) is 0. The van der Waals surface area contributed by atoms with Crippen molar-refractivity contribution >= 4 is 0 Å². The molecule has 0 spiro atoms. The van der Waals surface area contributed by atoms with Crippen LogP contribution in [0.15, 0.2) is 0 Å². The van der Waals surface area contributed by atoms with Crippen molar-refractivity contribution in [3.8, 4) is 0 Å². The molecule has 0 saturated heterocycles. The molecule has 0 saturated carbocycles. The summed E-state index contributed by atoms with van der Waals surface area (Å²) in [5.41, 5.74) is 0. The second-order valence-electron chi connectivity index (χ2n) is 12.8. The Bertz CT molecular complexity index is 524. The van der Waals surface area contributed by atoms with Gasteiger partial charge >= 0.3 is 0 Å². The molecule has 0 aromatic carbocycles. The zero-order chi connectivity index (χ0) is 35.9. The normalized spacial score (nSPS) is 11.6. The Morgan fingerprint density at radius 2 is 0.300 bits per heavy atom. The summed E-state index contributed by atoms with van der Waals surface area (Å²) in [5, 5.41) is 0. The highest BCUT2D eigenvalue weighted by atomic mass is 16.6. The van der Waals surface area contributed by atoms with Crippen LogP contribution in [-0.4, -0.2) is 132 Å². The van der Waals surface area contributed by atoms with Gasteiger partial charge in [-0.15, -0.1) is 0 Å². The van der Waals surface area contributed by atoms with E-state index in [4.69, 9.17) is 47.4 Å². The molecule has 0 aliphatic carbocycles. The van der Waals surface area contributed by atoms with Gasteiger partial charge in [0.2, 0.25) is 0 Å². The smallest absolute Gasteiger partial charge is 0.0701 e. The van der Waals surface area contributed by atoms with E-state index in [1.807, 2.05) is 0 Å². The monoisotopic (exact) mass is 723 g/mol. The first-order chi connectivity index (χ1) is 24.9. The van der Waals surface area contributed by atoms with Gasteiger partial charge in [0.15, 0.2) is 0 Å². The van der Waals surface area contributed by atoms with Crippen molar-refractivity contribution in [2.75, 3.05) is 132 Å². The predicted octanol–water partition coefficient (Wildman–Crippen LogP) is 8.21. The van der Waals surface area contributed by atoms with Crippen LogP contribution in [0, 0.1) is 0 Å². The van der Waals surface area contributed by atoms with Gasteiger partial charge in [-0.3, -0.25) is 0 Å². The van der Waals surface area contributed by atoms with E-state index < -0.39 is 0 Å². The summed E-state index contributed by atoms with van der Waals surface area (Å²) in [4.78, 5) is 0. The van der Waals surface area contributed by atoms with Crippen LogP contribution in [-0.2, 0) is 47.4 Å². The zero-order valence-corrected chi connectivity index (χ0v) is 33.0. The lowest BCUT2D eigenvalue weighted by atomic mass is 10.1. The first kappa shape index (κ1) is 49.6. The Kier molecular flexibility index (Phi) is 48.2. The highest BCUT2D eigenvalue weighted by Gasteiger charge is 1.98. The number of hydrogen-bond acceptors (Lipinski definition) is 10. The average Bonchev–Trinajstić information content (AvgIpc) is 3.13. The second kappa shape index (κ2) is 48.6. The summed E-state index contributed by atoms with van der Waals surface area (Å²) in [5.74, 6) is 0. The van der Waals surface area contributed by atoms with Crippen LogP contribution in [0.1, 0.15) is 129 Å². The van der Waals surface area contributed by atoms with E-state index >= 15 is 0 Å². The number of rotatable bonds is 47. The average molecular weight is 723 g/mol. The Labute approximate surface area is 308 Å². The van der Waals surface area contributed by atoms with Gasteiger partial charge in [-0.2, -0.15) is 0 Å². The largest absolute Gasteiger partial charge is 0.379 e. The van der Waals surface area contributed by atoms with Crippen LogP contribution in [0.4, 0.5) is 0 Å². The van der Waals surface area contributed by atoms with E-state index in [0.29, 0.717) is 119 Å². The maximum atomic E-state index is 5.66. The summed E-state index contributed by atoms with van der Waals surface area (Å²) in [6.45, 7) is 16.5. The van der Waals surface area contributed by atoms with Crippen LogP contribution in [0.3, 0.4) is 0 Å². The summed E-state index contributed by atoms with van der Waals surface area (Å²) in [6, 6.07) is 0. The predicted molar refractivity (Wildman–Crippen MR) is 203 cm³/mol. The lowest BCUT2D eigenvalue weighted by Gasteiger charge is -2.09. The number of ether oxygens (including phenoxy) is 10. The molecule has 0 aromatic rings. The van der Waals surface area contributed by atoms with Crippen molar-refractivity contribution in [3.05, 3.63) is 0 Å². The molecule has 0 rings (SSSR count). The Hall–Kier alpha value is -0.400. The fourth-order valence-electron chi connectivity index (χ4n) is 5.11. The number of hydrogen-bond donors (Lipinski definition) is 0. The Morgan fingerprint density at radius 3 is 0.480 bits per heavy atom. The molecule has 0 unspecified atom stereocenters. The topological polar surface area (TPSA) is 92.3 Å². The summed E-state index contributed by atoms with van der Waals surface area (Å²) < 4.78 is 55.5. The van der Waals surface area contributed by atoms with E-state index in [2.05, 4.69) is 13.8 Å². The summed E-state index contributed by atoms with van der Waals surface area (Å²) in [6.07, 6.45) is 24.0. The molecule has 0 heterocycles.